The van der Waals surface area contributed by atoms with Gasteiger partial charge in [0.1, 0.15) is 5.54 Å². The number of carboxylic acids is 1. The van der Waals surface area contributed by atoms with Gasteiger partial charge in [0.2, 0.25) is 10.0 Å². The van der Waals surface area contributed by atoms with Crippen LogP contribution in [-0.2, 0) is 14.8 Å². The van der Waals surface area contributed by atoms with Crippen LogP contribution in [0.4, 0.5) is 0 Å². The van der Waals surface area contributed by atoms with E-state index in [0.717, 1.165) is 32.1 Å². The largest absolute Gasteiger partial charge is 0.480 e. The van der Waals surface area contributed by atoms with Crippen LogP contribution in [-0.4, -0.2) is 37.0 Å². The van der Waals surface area contributed by atoms with Crippen molar-refractivity contribution in [3.8, 4) is 0 Å². The molecule has 1 aromatic carbocycles. The molecule has 0 unspecified atom stereocenters. The molecule has 1 aromatic rings. The molecule has 2 fully saturated rings. The van der Waals surface area contributed by atoms with Crippen molar-refractivity contribution in [2.24, 2.45) is 0 Å². The van der Waals surface area contributed by atoms with E-state index >= 15 is 0 Å². The predicted octanol–water partition coefficient (Wildman–Crippen LogP) is 1.64. The van der Waals surface area contributed by atoms with E-state index in [4.69, 9.17) is 0 Å². The number of hydrogen-bond acceptors (Lipinski definition) is 4. The predicted molar refractivity (Wildman–Crippen MR) is 90.7 cm³/mol. The third kappa shape index (κ3) is 4.01. The fourth-order valence-corrected chi connectivity index (χ4v) is 4.42. The summed E-state index contributed by atoms with van der Waals surface area (Å²) in [6, 6.07) is 5.57. The van der Waals surface area contributed by atoms with Crippen LogP contribution >= 0.6 is 0 Å². The second kappa shape index (κ2) is 6.76. The molecule has 0 radical (unpaired) electrons. The molecule has 3 rings (SSSR count). The quantitative estimate of drug-likeness (QED) is 0.708. The third-order valence-corrected chi connectivity index (χ3v) is 6.33. The summed E-state index contributed by atoms with van der Waals surface area (Å²) in [5, 5.41) is 12.2. The Morgan fingerprint density at radius 1 is 1.04 bits per heavy atom. The summed E-state index contributed by atoms with van der Waals surface area (Å²) < 4.78 is 26.8. The Bertz CT molecular complexity index is 763. The zero-order valence-electron chi connectivity index (χ0n) is 13.8. The van der Waals surface area contributed by atoms with Gasteiger partial charge in [-0.15, -0.1) is 0 Å². The van der Waals surface area contributed by atoms with Gasteiger partial charge < -0.3 is 10.4 Å². The van der Waals surface area contributed by atoms with Crippen molar-refractivity contribution in [3.05, 3.63) is 29.8 Å². The minimum atomic E-state index is -3.57. The lowest BCUT2D eigenvalue weighted by atomic mass is 9.81. The van der Waals surface area contributed by atoms with E-state index in [1.165, 1.54) is 24.3 Å². The van der Waals surface area contributed by atoms with E-state index in [9.17, 15) is 23.1 Å². The summed E-state index contributed by atoms with van der Waals surface area (Å²) in [5.41, 5.74) is -0.982. The highest BCUT2D eigenvalue weighted by atomic mass is 32.2. The average Bonchev–Trinajstić information content (AvgIpc) is 3.39. The summed E-state index contributed by atoms with van der Waals surface area (Å²) >= 11 is 0. The van der Waals surface area contributed by atoms with Gasteiger partial charge in [-0.3, -0.25) is 4.79 Å². The molecule has 3 N–H and O–H groups in total. The first-order valence-electron chi connectivity index (χ1n) is 8.51. The van der Waals surface area contributed by atoms with Crippen molar-refractivity contribution in [1.82, 2.24) is 10.0 Å². The Kier molecular flexibility index (Phi) is 4.83. The number of hydrogen-bond donors (Lipinski definition) is 3. The number of carbonyl (C=O) groups excluding carboxylic acids is 1. The summed E-state index contributed by atoms with van der Waals surface area (Å²) in [7, 11) is -3.57. The second-order valence-electron chi connectivity index (χ2n) is 6.82. The van der Waals surface area contributed by atoms with E-state index in [0.29, 0.717) is 12.8 Å². The highest BCUT2D eigenvalue weighted by Crippen LogP contribution is 2.29. The molecule has 0 aromatic heterocycles. The van der Waals surface area contributed by atoms with Gasteiger partial charge in [0.15, 0.2) is 0 Å². The van der Waals surface area contributed by atoms with Crippen LogP contribution in [0.25, 0.3) is 0 Å². The van der Waals surface area contributed by atoms with Crippen LogP contribution in [0.1, 0.15) is 55.3 Å². The van der Waals surface area contributed by atoms with Crippen LogP contribution in [0.3, 0.4) is 0 Å². The summed E-state index contributed by atoms with van der Waals surface area (Å²) in [5.74, 6) is -1.52. The summed E-state index contributed by atoms with van der Waals surface area (Å²) in [4.78, 5) is 24.2. The minimum Gasteiger partial charge on any atom is -0.480 e. The number of aliphatic carboxylic acids is 1. The minimum absolute atomic E-state index is 0.00898. The second-order valence-corrected chi connectivity index (χ2v) is 8.54. The van der Waals surface area contributed by atoms with Gasteiger partial charge in [-0.05, 0) is 49.9 Å². The van der Waals surface area contributed by atoms with Crippen molar-refractivity contribution in [1.29, 1.82) is 0 Å². The standard InChI is InChI=1S/C17H22N2O5S/c20-15(18-17(16(21)22)10-2-1-3-11-17)12-4-8-14(9-5-12)25(23,24)19-13-6-7-13/h4-5,8-9,13,19H,1-3,6-7,10-11H2,(H,18,20)(H,21,22). The van der Waals surface area contributed by atoms with Gasteiger partial charge >= 0.3 is 5.97 Å². The first-order valence-corrected chi connectivity index (χ1v) is 9.99. The number of benzene rings is 1. The van der Waals surface area contributed by atoms with E-state index in [1.807, 2.05) is 0 Å². The van der Waals surface area contributed by atoms with Gasteiger partial charge in [-0.25, -0.2) is 17.9 Å². The molecule has 7 nitrogen and oxygen atoms in total. The lowest BCUT2D eigenvalue weighted by Crippen LogP contribution is -2.55. The van der Waals surface area contributed by atoms with Crippen molar-refractivity contribution in [2.75, 3.05) is 0 Å². The number of amides is 1. The average molecular weight is 366 g/mol. The number of carbonyl (C=O) groups is 2. The van der Waals surface area contributed by atoms with Crippen LogP contribution in [0, 0.1) is 0 Å². The molecule has 0 atom stereocenters. The maximum absolute atomic E-state index is 12.4. The highest BCUT2D eigenvalue weighted by molar-refractivity contribution is 7.89. The van der Waals surface area contributed by atoms with Crippen molar-refractivity contribution < 1.29 is 23.1 Å². The fraction of sp³-hybridized carbons (Fsp3) is 0.529. The first-order chi connectivity index (χ1) is 11.8. The molecule has 2 aliphatic rings. The third-order valence-electron chi connectivity index (χ3n) is 4.80. The maximum Gasteiger partial charge on any atom is 0.329 e. The molecule has 25 heavy (non-hydrogen) atoms. The Balaban J connectivity index is 1.73. The van der Waals surface area contributed by atoms with Crippen molar-refractivity contribution >= 4 is 21.9 Å². The molecule has 8 heteroatoms. The van der Waals surface area contributed by atoms with Crippen LogP contribution < -0.4 is 10.0 Å². The molecule has 2 aliphatic carbocycles. The molecule has 0 saturated heterocycles. The number of nitrogens with one attached hydrogen (secondary N) is 2. The lowest BCUT2D eigenvalue weighted by molar-refractivity contribution is -0.145. The van der Waals surface area contributed by atoms with E-state index in [-0.39, 0.29) is 16.5 Å². The Hall–Kier alpha value is -1.93. The molecule has 0 bridgehead atoms. The summed E-state index contributed by atoms with van der Waals surface area (Å²) in [6.07, 6.45) is 4.99. The number of sulfonamides is 1. The van der Waals surface area contributed by atoms with Crippen LogP contribution in [0.15, 0.2) is 29.2 Å². The topological polar surface area (TPSA) is 113 Å². The Labute approximate surface area is 146 Å². The van der Waals surface area contributed by atoms with Crippen molar-refractivity contribution in [3.63, 3.8) is 0 Å². The normalized spacial score (nSPS) is 20.0. The Morgan fingerprint density at radius 2 is 1.64 bits per heavy atom. The van der Waals surface area contributed by atoms with E-state index in [1.54, 1.807) is 0 Å². The van der Waals surface area contributed by atoms with E-state index < -0.39 is 27.4 Å². The van der Waals surface area contributed by atoms with Gasteiger partial charge in [0.05, 0.1) is 4.90 Å². The first kappa shape index (κ1) is 17.9. The van der Waals surface area contributed by atoms with Crippen molar-refractivity contribution in [2.45, 2.75) is 61.4 Å². The SMILES string of the molecule is O=C(NC1(C(=O)O)CCCCC1)c1ccc(S(=O)(=O)NC2CC2)cc1. The summed E-state index contributed by atoms with van der Waals surface area (Å²) in [6.45, 7) is 0. The molecular weight excluding hydrogens is 344 g/mol. The molecule has 0 aliphatic heterocycles. The molecular formula is C17H22N2O5S. The van der Waals surface area contributed by atoms with Crippen LogP contribution in [0.2, 0.25) is 0 Å². The highest BCUT2D eigenvalue weighted by Gasteiger charge is 2.41. The maximum atomic E-state index is 12.4. The molecule has 0 heterocycles. The van der Waals surface area contributed by atoms with Crippen LogP contribution in [0.5, 0.6) is 0 Å². The van der Waals surface area contributed by atoms with E-state index in [2.05, 4.69) is 10.0 Å². The van der Waals surface area contributed by atoms with Gasteiger partial charge in [0, 0.05) is 11.6 Å². The molecule has 136 valence electrons. The lowest BCUT2D eigenvalue weighted by Gasteiger charge is -2.34. The molecule has 1 amide bonds. The smallest absolute Gasteiger partial charge is 0.329 e. The molecule has 2 saturated carbocycles. The molecule has 0 spiro atoms. The van der Waals surface area contributed by atoms with Gasteiger partial charge in [0.25, 0.3) is 5.91 Å². The monoisotopic (exact) mass is 366 g/mol. The zero-order chi connectivity index (χ0) is 18.1. The number of carboxylic acid groups (broad SMARTS) is 1. The fourth-order valence-electron chi connectivity index (χ4n) is 3.11. The van der Waals surface area contributed by atoms with Gasteiger partial charge in [-0.2, -0.15) is 0 Å². The number of rotatable bonds is 6. The van der Waals surface area contributed by atoms with Gasteiger partial charge in [-0.1, -0.05) is 19.3 Å². The Morgan fingerprint density at radius 3 is 2.16 bits per heavy atom. The zero-order valence-corrected chi connectivity index (χ0v) is 14.6.